The zero-order chi connectivity index (χ0) is 9.78. The molecule has 12 heavy (non-hydrogen) atoms. The fourth-order valence-corrected chi connectivity index (χ4v) is 1.27. The van der Waals surface area contributed by atoms with E-state index >= 15 is 0 Å². The molecule has 0 aliphatic heterocycles. The maximum atomic E-state index is 10.6. The Bertz CT molecular complexity index is 171. The first-order chi connectivity index (χ1) is 5.44. The van der Waals surface area contributed by atoms with Crippen molar-refractivity contribution in [2.75, 3.05) is 0 Å². The van der Waals surface area contributed by atoms with Crippen LogP contribution in [0, 0.1) is 11.3 Å². The Hall–Kier alpha value is -0.660. The number of rotatable bonds is 2. The second kappa shape index (κ2) is 4.39. The SMILES string of the molecule is CC(=O)CC1CC1(C)C.CC=O. The average molecular weight is 170 g/mol. The first-order valence-corrected chi connectivity index (χ1v) is 4.33. The van der Waals surface area contributed by atoms with Gasteiger partial charge >= 0.3 is 0 Å². The number of carbonyl (C=O) groups excluding carboxylic acids is 2. The second-order valence-corrected chi connectivity index (χ2v) is 4.03. The molecule has 2 nitrogen and oxygen atoms in total. The monoisotopic (exact) mass is 170 g/mol. The number of ketones is 1. The van der Waals surface area contributed by atoms with Crippen LogP contribution < -0.4 is 0 Å². The molecule has 1 unspecified atom stereocenters. The smallest absolute Gasteiger partial charge is 0.130 e. The first kappa shape index (κ1) is 11.3. The second-order valence-electron chi connectivity index (χ2n) is 4.03. The minimum Gasteiger partial charge on any atom is -0.304 e. The molecule has 1 saturated carbocycles. The van der Waals surface area contributed by atoms with Gasteiger partial charge in [-0.3, -0.25) is 0 Å². The molecule has 1 rings (SSSR count). The molecule has 0 radical (unpaired) electrons. The van der Waals surface area contributed by atoms with E-state index in [0.717, 1.165) is 12.7 Å². The van der Waals surface area contributed by atoms with Gasteiger partial charge in [-0.05, 0) is 31.6 Å². The van der Waals surface area contributed by atoms with Crippen LogP contribution in [-0.2, 0) is 9.59 Å². The van der Waals surface area contributed by atoms with Crippen molar-refractivity contribution in [2.45, 2.75) is 40.5 Å². The first-order valence-electron chi connectivity index (χ1n) is 4.33. The molecular weight excluding hydrogens is 152 g/mol. The lowest BCUT2D eigenvalue weighted by Crippen LogP contribution is -1.96. The standard InChI is InChI=1S/C8H14O.C2H4O/c1-6(9)4-7-5-8(7,2)3;1-2-3/h7H,4-5H2,1-3H3;2H,1H3. The van der Waals surface area contributed by atoms with E-state index in [9.17, 15) is 4.79 Å². The molecule has 0 aromatic carbocycles. The Morgan fingerprint density at radius 2 is 1.92 bits per heavy atom. The van der Waals surface area contributed by atoms with E-state index in [4.69, 9.17) is 4.79 Å². The Kier molecular flexibility index (Phi) is 4.15. The van der Waals surface area contributed by atoms with Crippen molar-refractivity contribution in [2.24, 2.45) is 11.3 Å². The van der Waals surface area contributed by atoms with Gasteiger partial charge in [0, 0.05) is 6.42 Å². The molecule has 2 heteroatoms. The third-order valence-electron chi connectivity index (χ3n) is 2.25. The van der Waals surface area contributed by atoms with Crippen molar-refractivity contribution in [3.05, 3.63) is 0 Å². The van der Waals surface area contributed by atoms with Gasteiger partial charge in [-0.25, -0.2) is 0 Å². The highest BCUT2D eigenvalue weighted by molar-refractivity contribution is 5.76. The lowest BCUT2D eigenvalue weighted by Gasteiger charge is -1.98. The van der Waals surface area contributed by atoms with Crippen molar-refractivity contribution in [1.29, 1.82) is 0 Å². The van der Waals surface area contributed by atoms with Gasteiger partial charge in [-0.15, -0.1) is 0 Å². The third kappa shape index (κ3) is 4.27. The molecule has 0 bridgehead atoms. The third-order valence-corrected chi connectivity index (χ3v) is 2.25. The Balaban J connectivity index is 0.000000354. The van der Waals surface area contributed by atoms with E-state index in [1.54, 1.807) is 6.92 Å². The summed E-state index contributed by atoms with van der Waals surface area (Å²) in [4.78, 5) is 19.4. The van der Waals surface area contributed by atoms with Crippen LogP contribution in [0.15, 0.2) is 0 Å². The molecule has 1 atom stereocenters. The van der Waals surface area contributed by atoms with Crippen LogP contribution in [0.3, 0.4) is 0 Å². The Morgan fingerprint density at radius 1 is 1.58 bits per heavy atom. The van der Waals surface area contributed by atoms with Gasteiger partial charge in [0.2, 0.25) is 0 Å². The van der Waals surface area contributed by atoms with E-state index in [2.05, 4.69) is 13.8 Å². The van der Waals surface area contributed by atoms with Crippen molar-refractivity contribution < 1.29 is 9.59 Å². The lowest BCUT2D eigenvalue weighted by molar-refractivity contribution is -0.117. The topological polar surface area (TPSA) is 34.1 Å². The van der Waals surface area contributed by atoms with Crippen LogP contribution in [0.2, 0.25) is 0 Å². The summed E-state index contributed by atoms with van der Waals surface area (Å²) < 4.78 is 0. The zero-order valence-corrected chi connectivity index (χ0v) is 8.39. The van der Waals surface area contributed by atoms with Crippen LogP contribution in [-0.4, -0.2) is 12.1 Å². The molecule has 0 N–H and O–H groups in total. The number of carbonyl (C=O) groups is 2. The maximum Gasteiger partial charge on any atom is 0.130 e. The minimum atomic E-state index is 0.338. The summed E-state index contributed by atoms with van der Waals surface area (Å²) >= 11 is 0. The van der Waals surface area contributed by atoms with Crippen LogP contribution in [0.25, 0.3) is 0 Å². The molecule has 70 valence electrons. The molecule has 1 aliphatic rings. The van der Waals surface area contributed by atoms with E-state index in [-0.39, 0.29) is 0 Å². The summed E-state index contributed by atoms with van der Waals surface area (Å²) in [7, 11) is 0. The fraction of sp³-hybridized carbons (Fsp3) is 0.800. The lowest BCUT2D eigenvalue weighted by atomic mass is 10.1. The van der Waals surface area contributed by atoms with Crippen LogP contribution in [0.5, 0.6) is 0 Å². The summed E-state index contributed by atoms with van der Waals surface area (Å²) in [5.74, 6) is 1.03. The average Bonchev–Trinajstić information content (AvgIpc) is 2.39. The van der Waals surface area contributed by atoms with E-state index in [1.807, 2.05) is 0 Å². The van der Waals surface area contributed by atoms with Crippen LogP contribution >= 0.6 is 0 Å². The molecule has 0 spiro atoms. The highest BCUT2D eigenvalue weighted by Gasteiger charge is 2.45. The van der Waals surface area contributed by atoms with Crippen LogP contribution in [0.1, 0.15) is 40.5 Å². The number of Topliss-reactive ketones (excluding diaryl/α,β-unsaturated/α-hetero) is 1. The molecule has 1 aliphatic carbocycles. The zero-order valence-electron chi connectivity index (χ0n) is 8.39. The largest absolute Gasteiger partial charge is 0.304 e. The summed E-state index contributed by atoms with van der Waals surface area (Å²) in [6, 6.07) is 0. The summed E-state index contributed by atoms with van der Waals surface area (Å²) in [6.45, 7) is 7.57. The number of aldehydes is 1. The van der Waals surface area contributed by atoms with Crippen molar-refractivity contribution in [3.8, 4) is 0 Å². The van der Waals surface area contributed by atoms with Gasteiger partial charge in [0.15, 0.2) is 0 Å². The molecule has 0 heterocycles. The van der Waals surface area contributed by atoms with E-state index in [1.165, 1.54) is 13.3 Å². The van der Waals surface area contributed by atoms with E-state index in [0.29, 0.717) is 17.1 Å². The fourth-order valence-electron chi connectivity index (χ4n) is 1.27. The van der Waals surface area contributed by atoms with Crippen molar-refractivity contribution in [3.63, 3.8) is 0 Å². The Morgan fingerprint density at radius 3 is 2.00 bits per heavy atom. The highest BCUT2D eigenvalue weighted by atomic mass is 16.1. The number of hydrogen-bond donors (Lipinski definition) is 0. The van der Waals surface area contributed by atoms with Gasteiger partial charge in [0.05, 0.1) is 0 Å². The predicted octanol–water partition coefficient (Wildman–Crippen LogP) is 2.22. The van der Waals surface area contributed by atoms with Gasteiger partial charge in [0.25, 0.3) is 0 Å². The predicted molar refractivity (Wildman–Crippen MR) is 48.9 cm³/mol. The molecule has 0 saturated heterocycles. The quantitative estimate of drug-likeness (QED) is 0.595. The van der Waals surface area contributed by atoms with Crippen molar-refractivity contribution >= 4 is 12.1 Å². The molecule has 0 aromatic heterocycles. The molecular formula is C10H18O2. The summed E-state index contributed by atoms with van der Waals surface area (Å²) in [5, 5.41) is 0. The minimum absolute atomic E-state index is 0.338. The normalized spacial score (nSPS) is 23.5. The summed E-state index contributed by atoms with van der Waals surface area (Å²) in [5.41, 5.74) is 0.478. The molecule has 0 aromatic rings. The summed E-state index contributed by atoms with van der Waals surface area (Å²) in [6.07, 6.45) is 2.79. The van der Waals surface area contributed by atoms with Gasteiger partial charge in [-0.1, -0.05) is 13.8 Å². The number of hydrogen-bond acceptors (Lipinski definition) is 2. The van der Waals surface area contributed by atoms with Crippen molar-refractivity contribution in [1.82, 2.24) is 0 Å². The Labute approximate surface area is 74.3 Å². The van der Waals surface area contributed by atoms with Crippen LogP contribution in [0.4, 0.5) is 0 Å². The van der Waals surface area contributed by atoms with E-state index < -0.39 is 0 Å². The highest BCUT2D eigenvalue weighted by Crippen LogP contribution is 2.53. The molecule has 1 fully saturated rings. The van der Waals surface area contributed by atoms with Gasteiger partial charge < -0.3 is 9.59 Å². The van der Waals surface area contributed by atoms with Gasteiger partial charge in [-0.2, -0.15) is 0 Å². The molecule has 0 amide bonds. The maximum absolute atomic E-state index is 10.6. The van der Waals surface area contributed by atoms with Gasteiger partial charge in [0.1, 0.15) is 12.1 Å².